The lowest BCUT2D eigenvalue weighted by molar-refractivity contribution is 0.286. The first-order valence-electron chi connectivity index (χ1n) is 6.06. The third kappa shape index (κ3) is 2.69. The Morgan fingerprint density at radius 2 is 1.76 bits per heavy atom. The van der Waals surface area contributed by atoms with Crippen molar-refractivity contribution < 1.29 is 8.42 Å². The van der Waals surface area contributed by atoms with E-state index in [4.69, 9.17) is 0 Å². The van der Waals surface area contributed by atoms with Crippen molar-refractivity contribution in [3.8, 4) is 0 Å². The van der Waals surface area contributed by atoms with Gasteiger partial charge in [-0.2, -0.15) is 4.31 Å². The minimum absolute atomic E-state index is 0.165. The maximum absolute atomic E-state index is 12.3. The lowest BCUT2D eigenvalue weighted by atomic mass is 9.96. The molecule has 0 aromatic heterocycles. The number of benzene rings is 1. The first-order valence-corrected chi connectivity index (χ1v) is 7.50. The van der Waals surface area contributed by atoms with Crippen LogP contribution in [0, 0.1) is 6.07 Å². The van der Waals surface area contributed by atoms with Crippen LogP contribution in [0.5, 0.6) is 0 Å². The SMILES string of the molecule is CN(C1CCCCC1)S(=O)(=O)c1cc[c]cc1. The molecule has 93 valence electrons. The van der Waals surface area contributed by atoms with Crippen LogP contribution in [0.25, 0.3) is 0 Å². The molecule has 1 aromatic rings. The molecule has 4 heteroatoms. The summed E-state index contributed by atoms with van der Waals surface area (Å²) < 4.78 is 26.2. The normalized spacial score (nSPS) is 18.5. The van der Waals surface area contributed by atoms with Crippen molar-refractivity contribution in [1.82, 2.24) is 4.31 Å². The number of rotatable bonds is 3. The third-order valence-electron chi connectivity index (χ3n) is 3.45. The van der Waals surface area contributed by atoms with Gasteiger partial charge in [0.1, 0.15) is 0 Å². The van der Waals surface area contributed by atoms with Crippen LogP contribution in [0.4, 0.5) is 0 Å². The molecule has 0 heterocycles. The highest BCUT2D eigenvalue weighted by molar-refractivity contribution is 7.89. The van der Waals surface area contributed by atoms with Crippen LogP contribution in [-0.4, -0.2) is 25.8 Å². The molecular weight excluding hydrogens is 234 g/mol. The summed E-state index contributed by atoms with van der Waals surface area (Å²) in [6.07, 6.45) is 5.45. The lowest BCUT2D eigenvalue weighted by Gasteiger charge is -2.30. The average molecular weight is 252 g/mol. The van der Waals surface area contributed by atoms with Crippen molar-refractivity contribution in [1.29, 1.82) is 0 Å². The van der Waals surface area contributed by atoms with Crippen LogP contribution < -0.4 is 0 Å². The van der Waals surface area contributed by atoms with Crippen molar-refractivity contribution in [3.05, 3.63) is 30.3 Å². The molecule has 1 saturated carbocycles. The number of nitrogens with zero attached hydrogens (tertiary/aromatic N) is 1. The first-order chi connectivity index (χ1) is 8.12. The van der Waals surface area contributed by atoms with Gasteiger partial charge in [-0.05, 0) is 31.0 Å². The number of sulfonamides is 1. The second-order valence-electron chi connectivity index (χ2n) is 4.55. The van der Waals surface area contributed by atoms with E-state index in [2.05, 4.69) is 6.07 Å². The van der Waals surface area contributed by atoms with Gasteiger partial charge in [-0.3, -0.25) is 0 Å². The molecule has 0 bridgehead atoms. The van der Waals surface area contributed by atoms with Gasteiger partial charge >= 0.3 is 0 Å². The molecule has 0 unspecified atom stereocenters. The van der Waals surface area contributed by atoms with Crippen LogP contribution >= 0.6 is 0 Å². The lowest BCUT2D eigenvalue weighted by Crippen LogP contribution is -2.38. The predicted molar refractivity (Wildman–Crippen MR) is 67.1 cm³/mol. The Morgan fingerprint density at radius 3 is 2.35 bits per heavy atom. The van der Waals surface area contributed by atoms with E-state index in [1.807, 2.05) is 0 Å². The Hall–Kier alpha value is -0.870. The quantitative estimate of drug-likeness (QED) is 0.828. The molecule has 0 spiro atoms. The summed E-state index contributed by atoms with van der Waals surface area (Å²) in [5, 5.41) is 0. The molecule has 0 atom stereocenters. The molecule has 2 rings (SSSR count). The van der Waals surface area contributed by atoms with Gasteiger partial charge < -0.3 is 0 Å². The van der Waals surface area contributed by atoms with Crippen LogP contribution in [0.15, 0.2) is 29.2 Å². The zero-order chi connectivity index (χ0) is 12.3. The van der Waals surface area contributed by atoms with Gasteiger partial charge in [0.15, 0.2) is 0 Å². The number of hydrogen-bond donors (Lipinski definition) is 0. The van der Waals surface area contributed by atoms with E-state index in [1.165, 1.54) is 6.42 Å². The fourth-order valence-electron chi connectivity index (χ4n) is 2.35. The minimum Gasteiger partial charge on any atom is -0.207 e. The van der Waals surface area contributed by atoms with Crippen molar-refractivity contribution in [3.63, 3.8) is 0 Å². The summed E-state index contributed by atoms with van der Waals surface area (Å²) in [6.45, 7) is 0. The van der Waals surface area contributed by atoms with Crippen LogP contribution in [-0.2, 0) is 10.0 Å². The molecular formula is C13H18NO2S. The topological polar surface area (TPSA) is 37.4 Å². The van der Waals surface area contributed by atoms with Crippen molar-refractivity contribution >= 4 is 10.0 Å². The van der Waals surface area contributed by atoms with Gasteiger partial charge in [0.2, 0.25) is 10.0 Å². The highest BCUT2D eigenvalue weighted by Gasteiger charge is 2.28. The molecule has 1 aliphatic rings. The summed E-state index contributed by atoms with van der Waals surface area (Å²) in [7, 11) is -1.63. The third-order valence-corrected chi connectivity index (χ3v) is 5.38. The summed E-state index contributed by atoms with van der Waals surface area (Å²) in [4.78, 5) is 0.365. The molecule has 3 nitrogen and oxygen atoms in total. The van der Waals surface area contributed by atoms with E-state index in [9.17, 15) is 8.42 Å². The minimum atomic E-state index is -3.33. The van der Waals surface area contributed by atoms with Crippen molar-refractivity contribution in [2.45, 2.75) is 43.0 Å². The van der Waals surface area contributed by atoms with Crippen LogP contribution in [0.3, 0.4) is 0 Å². The predicted octanol–water partition coefficient (Wildman–Crippen LogP) is 2.44. The van der Waals surface area contributed by atoms with Gasteiger partial charge in [0, 0.05) is 13.1 Å². The van der Waals surface area contributed by atoms with Gasteiger partial charge in [0.25, 0.3) is 0 Å². The Morgan fingerprint density at radius 1 is 1.18 bits per heavy atom. The second kappa shape index (κ2) is 5.19. The largest absolute Gasteiger partial charge is 0.243 e. The van der Waals surface area contributed by atoms with E-state index >= 15 is 0 Å². The Balaban J connectivity index is 2.20. The molecule has 17 heavy (non-hydrogen) atoms. The zero-order valence-corrected chi connectivity index (χ0v) is 10.9. The fraction of sp³-hybridized carbons (Fsp3) is 0.538. The molecule has 1 aliphatic carbocycles. The molecule has 0 saturated heterocycles. The van der Waals surface area contributed by atoms with Crippen molar-refractivity contribution in [2.24, 2.45) is 0 Å². The molecule has 1 aromatic carbocycles. The molecule has 0 amide bonds. The maximum Gasteiger partial charge on any atom is 0.243 e. The van der Waals surface area contributed by atoms with E-state index in [1.54, 1.807) is 35.6 Å². The molecule has 1 radical (unpaired) electrons. The summed E-state index contributed by atoms with van der Waals surface area (Å²) in [5.41, 5.74) is 0. The highest BCUT2D eigenvalue weighted by atomic mass is 32.2. The fourth-order valence-corrected chi connectivity index (χ4v) is 3.77. The van der Waals surface area contributed by atoms with Gasteiger partial charge in [-0.15, -0.1) is 0 Å². The van der Waals surface area contributed by atoms with E-state index in [0.717, 1.165) is 25.7 Å². The van der Waals surface area contributed by atoms with Gasteiger partial charge in [-0.1, -0.05) is 31.4 Å². The monoisotopic (exact) mass is 252 g/mol. The maximum atomic E-state index is 12.3. The van der Waals surface area contributed by atoms with Gasteiger partial charge in [-0.25, -0.2) is 8.42 Å². The standard InChI is InChI=1S/C13H18NO2S/c1-14(12-8-4-2-5-9-12)17(15,16)13-10-6-3-7-11-13/h6-7,10-12H,2,4-5,8-9H2,1H3. The Labute approximate surface area is 104 Å². The Bertz CT molecular complexity index is 450. The summed E-state index contributed by atoms with van der Waals surface area (Å²) in [5.74, 6) is 0. The van der Waals surface area contributed by atoms with Crippen LogP contribution in [0.1, 0.15) is 32.1 Å². The number of hydrogen-bond acceptors (Lipinski definition) is 2. The van der Waals surface area contributed by atoms with Crippen LogP contribution in [0.2, 0.25) is 0 Å². The van der Waals surface area contributed by atoms with E-state index < -0.39 is 10.0 Å². The molecule has 1 fully saturated rings. The summed E-state index contributed by atoms with van der Waals surface area (Å²) >= 11 is 0. The smallest absolute Gasteiger partial charge is 0.207 e. The highest BCUT2D eigenvalue weighted by Crippen LogP contribution is 2.26. The summed E-state index contributed by atoms with van der Waals surface area (Å²) in [6, 6.07) is 9.50. The average Bonchev–Trinajstić information content (AvgIpc) is 2.40. The zero-order valence-electron chi connectivity index (χ0n) is 10.1. The van der Waals surface area contributed by atoms with E-state index in [-0.39, 0.29) is 6.04 Å². The second-order valence-corrected chi connectivity index (χ2v) is 6.55. The first kappa shape index (κ1) is 12.6. The Kier molecular flexibility index (Phi) is 3.84. The van der Waals surface area contributed by atoms with Crippen molar-refractivity contribution in [2.75, 3.05) is 7.05 Å². The molecule has 0 N–H and O–H groups in total. The molecule has 0 aliphatic heterocycles. The van der Waals surface area contributed by atoms with Gasteiger partial charge in [0.05, 0.1) is 4.90 Å². The van der Waals surface area contributed by atoms with E-state index in [0.29, 0.717) is 4.90 Å².